The summed E-state index contributed by atoms with van der Waals surface area (Å²) in [4.78, 5) is 7.57. The Balaban J connectivity index is 2.21. The first-order valence-electron chi connectivity index (χ1n) is 6.42. The van der Waals surface area contributed by atoms with E-state index in [9.17, 15) is 9.50 Å². The molecule has 3 rings (SSSR count). The predicted molar refractivity (Wildman–Crippen MR) is 76.7 cm³/mol. The molecule has 2 aromatic heterocycles. The van der Waals surface area contributed by atoms with Crippen molar-refractivity contribution in [2.75, 3.05) is 0 Å². The normalized spacial score (nSPS) is 12.0. The molecular weight excluding hydrogens is 255 g/mol. The van der Waals surface area contributed by atoms with Crippen molar-refractivity contribution in [1.82, 2.24) is 9.97 Å². The largest absolute Gasteiger partial charge is 0.384 e. The number of aromatic amines is 1. The van der Waals surface area contributed by atoms with Crippen molar-refractivity contribution in [2.24, 2.45) is 0 Å². The molecule has 0 unspecified atom stereocenters. The van der Waals surface area contributed by atoms with E-state index < -0.39 is 5.60 Å². The van der Waals surface area contributed by atoms with E-state index in [1.165, 1.54) is 12.1 Å². The van der Waals surface area contributed by atoms with Gasteiger partial charge in [0, 0.05) is 28.4 Å². The number of nitrogens with zero attached hydrogens (tertiary/aromatic N) is 1. The number of rotatable bonds is 2. The Morgan fingerprint density at radius 1 is 1.15 bits per heavy atom. The van der Waals surface area contributed by atoms with Gasteiger partial charge in [-0.15, -0.1) is 0 Å². The molecule has 0 fully saturated rings. The van der Waals surface area contributed by atoms with Gasteiger partial charge in [-0.25, -0.2) is 4.39 Å². The van der Waals surface area contributed by atoms with Crippen LogP contribution in [0.4, 0.5) is 4.39 Å². The zero-order valence-electron chi connectivity index (χ0n) is 11.3. The van der Waals surface area contributed by atoms with Gasteiger partial charge in [-0.2, -0.15) is 0 Å². The lowest BCUT2D eigenvalue weighted by molar-refractivity contribution is 0.0747. The van der Waals surface area contributed by atoms with E-state index in [0.29, 0.717) is 0 Å². The molecule has 0 aliphatic heterocycles. The van der Waals surface area contributed by atoms with Gasteiger partial charge in [0.05, 0.1) is 11.3 Å². The summed E-state index contributed by atoms with van der Waals surface area (Å²) in [5.74, 6) is -0.271. The van der Waals surface area contributed by atoms with E-state index >= 15 is 0 Å². The van der Waals surface area contributed by atoms with Crippen LogP contribution < -0.4 is 0 Å². The molecule has 102 valence electrons. The highest BCUT2D eigenvalue weighted by Crippen LogP contribution is 2.30. The van der Waals surface area contributed by atoms with E-state index in [2.05, 4.69) is 9.97 Å². The molecule has 0 aliphatic carbocycles. The van der Waals surface area contributed by atoms with Gasteiger partial charge in [-0.05, 0) is 50.2 Å². The molecule has 3 nitrogen and oxygen atoms in total. The Kier molecular flexibility index (Phi) is 2.83. The van der Waals surface area contributed by atoms with Crippen LogP contribution in [0.25, 0.3) is 22.2 Å². The van der Waals surface area contributed by atoms with Crippen LogP contribution in [0.1, 0.15) is 19.5 Å². The molecule has 0 radical (unpaired) electrons. The van der Waals surface area contributed by atoms with Gasteiger partial charge < -0.3 is 10.1 Å². The van der Waals surface area contributed by atoms with Crippen LogP contribution in [0.3, 0.4) is 0 Å². The monoisotopic (exact) mass is 270 g/mol. The first kappa shape index (κ1) is 12.8. The average Bonchev–Trinajstić information content (AvgIpc) is 2.83. The number of aliphatic hydroxyl groups is 1. The Labute approximate surface area is 116 Å². The number of benzene rings is 1. The number of pyridine rings is 1. The minimum Gasteiger partial charge on any atom is -0.384 e. The van der Waals surface area contributed by atoms with Crippen LogP contribution in [0, 0.1) is 5.82 Å². The molecule has 0 saturated carbocycles. The van der Waals surface area contributed by atoms with Gasteiger partial charge in [0.1, 0.15) is 5.82 Å². The third-order valence-corrected chi connectivity index (χ3v) is 3.32. The number of hydrogen-bond donors (Lipinski definition) is 2. The van der Waals surface area contributed by atoms with E-state index in [4.69, 9.17) is 0 Å². The van der Waals surface area contributed by atoms with Crippen molar-refractivity contribution in [3.63, 3.8) is 0 Å². The lowest BCUT2D eigenvalue weighted by Crippen LogP contribution is -2.15. The lowest BCUT2D eigenvalue weighted by atomic mass is 10.0. The molecule has 2 N–H and O–H groups in total. The molecule has 0 atom stereocenters. The Hall–Kier alpha value is -2.20. The van der Waals surface area contributed by atoms with E-state index in [-0.39, 0.29) is 5.82 Å². The molecule has 0 aliphatic rings. The smallest absolute Gasteiger partial charge is 0.123 e. The summed E-state index contributed by atoms with van der Waals surface area (Å²) in [5.41, 5.74) is 2.30. The number of aromatic nitrogens is 2. The summed E-state index contributed by atoms with van der Waals surface area (Å²) < 4.78 is 13.0. The summed E-state index contributed by atoms with van der Waals surface area (Å²) in [6.45, 7) is 3.45. The standard InChI is InChI=1S/C16H15FN2O/c1-16(2,20)14-9-12-13(19-14)7-8-18-15(12)10-3-5-11(17)6-4-10/h3-9,19-20H,1-2H3. The van der Waals surface area contributed by atoms with Gasteiger partial charge in [0.25, 0.3) is 0 Å². The van der Waals surface area contributed by atoms with E-state index in [0.717, 1.165) is 27.9 Å². The van der Waals surface area contributed by atoms with Crippen LogP contribution in [0.5, 0.6) is 0 Å². The van der Waals surface area contributed by atoms with Crippen LogP contribution in [-0.2, 0) is 5.60 Å². The second-order valence-corrected chi connectivity index (χ2v) is 5.37. The maximum Gasteiger partial charge on any atom is 0.123 e. The Morgan fingerprint density at radius 3 is 2.50 bits per heavy atom. The van der Waals surface area contributed by atoms with Crippen molar-refractivity contribution >= 4 is 10.9 Å². The fourth-order valence-electron chi connectivity index (χ4n) is 2.22. The number of fused-ring (bicyclic) bond motifs is 1. The Morgan fingerprint density at radius 2 is 1.85 bits per heavy atom. The number of H-pyrrole nitrogens is 1. The molecule has 20 heavy (non-hydrogen) atoms. The second kappa shape index (κ2) is 4.42. The highest BCUT2D eigenvalue weighted by molar-refractivity contribution is 5.93. The van der Waals surface area contributed by atoms with Crippen molar-refractivity contribution in [2.45, 2.75) is 19.4 Å². The third-order valence-electron chi connectivity index (χ3n) is 3.32. The molecule has 0 spiro atoms. The zero-order chi connectivity index (χ0) is 14.3. The number of halogens is 1. The van der Waals surface area contributed by atoms with Gasteiger partial charge in [-0.3, -0.25) is 4.98 Å². The fraction of sp³-hybridized carbons (Fsp3) is 0.188. The summed E-state index contributed by atoms with van der Waals surface area (Å²) in [7, 11) is 0. The van der Waals surface area contributed by atoms with Crippen LogP contribution in [0.15, 0.2) is 42.6 Å². The van der Waals surface area contributed by atoms with Crippen molar-refractivity contribution in [1.29, 1.82) is 0 Å². The van der Waals surface area contributed by atoms with Gasteiger partial charge in [0.2, 0.25) is 0 Å². The number of hydrogen-bond acceptors (Lipinski definition) is 2. The maximum absolute atomic E-state index is 13.0. The van der Waals surface area contributed by atoms with E-state index in [1.54, 1.807) is 32.2 Å². The quantitative estimate of drug-likeness (QED) is 0.747. The highest BCUT2D eigenvalue weighted by Gasteiger charge is 2.19. The molecule has 0 bridgehead atoms. The van der Waals surface area contributed by atoms with Crippen LogP contribution in [-0.4, -0.2) is 15.1 Å². The summed E-state index contributed by atoms with van der Waals surface area (Å²) in [6.07, 6.45) is 1.70. The first-order valence-corrected chi connectivity index (χ1v) is 6.42. The third kappa shape index (κ3) is 2.18. The molecule has 0 amide bonds. The van der Waals surface area contributed by atoms with E-state index in [1.807, 2.05) is 12.1 Å². The molecule has 0 saturated heterocycles. The van der Waals surface area contributed by atoms with Crippen LogP contribution in [0.2, 0.25) is 0 Å². The molecule has 4 heteroatoms. The summed E-state index contributed by atoms with van der Waals surface area (Å²) in [6, 6.07) is 9.99. The minimum absolute atomic E-state index is 0.271. The second-order valence-electron chi connectivity index (χ2n) is 5.37. The molecule has 2 heterocycles. The summed E-state index contributed by atoms with van der Waals surface area (Å²) in [5, 5.41) is 11.0. The minimum atomic E-state index is -0.945. The number of nitrogens with one attached hydrogen (secondary N) is 1. The molecule has 3 aromatic rings. The highest BCUT2D eigenvalue weighted by atomic mass is 19.1. The Bertz CT molecular complexity index is 754. The van der Waals surface area contributed by atoms with Gasteiger partial charge in [0.15, 0.2) is 0 Å². The summed E-state index contributed by atoms with van der Waals surface area (Å²) >= 11 is 0. The van der Waals surface area contributed by atoms with Crippen molar-refractivity contribution < 1.29 is 9.50 Å². The lowest BCUT2D eigenvalue weighted by Gasteiger charge is -2.14. The first-order chi connectivity index (χ1) is 9.45. The topological polar surface area (TPSA) is 48.9 Å². The SMILES string of the molecule is CC(C)(O)c1cc2c(-c3ccc(F)cc3)nccc2[nH]1. The average molecular weight is 270 g/mol. The zero-order valence-corrected chi connectivity index (χ0v) is 11.3. The van der Waals surface area contributed by atoms with Crippen molar-refractivity contribution in [3.8, 4) is 11.3 Å². The predicted octanol–water partition coefficient (Wildman–Crippen LogP) is 3.60. The van der Waals surface area contributed by atoms with Gasteiger partial charge in [-0.1, -0.05) is 0 Å². The van der Waals surface area contributed by atoms with Gasteiger partial charge >= 0.3 is 0 Å². The molecule has 1 aromatic carbocycles. The maximum atomic E-state index is 13.0. The van der Waals surface area contributed by atoms with Crippen molar-refractivity contribution in [3.05, 3.63) is 54.1 Å². The molecular formula is C16H15FN2O. The fourth-order valence-corrected chi connectivity index (χ4v) is 2.22. The van der Waals surface area contributed by atoms with Crippen LogP contribution >= 0.6 is 0 Å².